The van der Waals surface area contributed by atoms with Crippen molar-refractivity contribution in [1.29, 1.82) is 0 Å². The van der Waals surface area contributed by atoms with Crippen molar-refractivity contribution in [3.05, 3.63) is 29.8 Å². The lowest BCUT2D eigenvalue weighted by molar-refractivity contribution is -0.0734. The van der Waals surface area contributed by atoms with Crippen molar-refractivity contribution in [2.24, 2.45) is 0 Å². The maximum absolute atomic E-state index is 13.4. The summed E-state index contributed by atoms with van der Waals surface area (Å²) in [4.78, 5) is 16.9. The van der Waals surface area contributed by atoms with Gasteiger partial charge < -0.3 is 14.7 Å². The Morgan fingerprint density at radius 2 is 2.26 bits per heavy atom. The minimum atomic E-state index is -0.957. The molecule has 0 radical (unpaired) electrons. The van der Waals surface area contributed by atoms with Crippen LogP contribution in [0.5, 0.6) is 0 Å². The zero-order valence-corrected chi connectivity index (χ0v) is 10.8. The third-order valence-electron chi connectivity index (χ3n) is 3.29. The van der Waals surface area contributed by atoms with E-state index in [1.807, 2.05) is 0 Å². The van der Waals surface area contributed by atoms with E-state index in [1.54, 1.807) is 7.05 Å². The van der Waals surface area contributed by atoms with E-state index in [1.165, 1.54) is 23.2 Å². The lowest BCUT2D eigenvalue weighted by Gasteiger charge is -2.35. The van der Waals surface area contributed by atoms with Gasteiger partial charge in [-0.15, -0.1) is 0 Å². The Morgan fingerprint density at radius 1 is 1.58 bits per heavy atom. The molecule has 104 valence electrons. The van der Waals surface area contributed by atoms with Crippen LogP contribution in [0.3, 0.4) is 0 Å². The number of pyridine rings is 1. The zero-order chi connectivity index (χ0) is 13.9. The third-order valence-corrected chi connectivity index (χ3v) is 3.29. The fourth-order valence-electron chi connectivity index (χ4n) is 2.17. The van der Waals surface area contributed by atoms with E-state index in [2.05, 4.69) is 4.98 Å². The molecule has 2 rings (SSSR count). The van der Waals surface area contributed by atoms with Crippen molar-refractivity contribution < 1.29 is 19.0 Å². The summed E-state index contributed by atoms with van der Waals surface area (Å²) in [6, 6.07) is 2.89. The van der Waals surface area contributed by atoms with Crippen LogP contribution in [0, 0.1) is 5.95 Å². The molecule has 0 aliphatic carbocycles. The smallest absolute Gasteiger partial charge is 0.258 e. The van der Waals surface area contributed by atoms with Crippen molar-refractivity contribution in [2.75, 3.05) is 26.8 Å². The van der Waals surface area contributed by atoms with Crippen LogP contribution in [-0.4, -0.2) is 53.3 Å². The van der Waals surface area contributed by atoms with Crippen LogP contribution < -0.4 is 0 Å². The van der Waals surface area contributed by atoms with Crippen molar-refractivity contribution in [1.82, 2.24) is 9.88 Å². The molecule has 1 fully saturated rings. The normalized spacial score (nSPS) is 18.1. The van der Waals surface area contributed by atoms with Crippen LogP contribution in [0.25, 0.3) is 0 Å². The van der Waals surface area contributed by atoms with Crippen LogP contribution in [0.4, 0.5) is 4.39 Å². The van der Waals surface area contributed by atoms with Gasteiger partial charge in [0, 0.05) is 45.8 Å². The molecule has 0 unspecified atom stereocenters. The molecule has 1 N–H and O–H groups in total. The second-order valence-electron chi connectivity index (χ2n) is 4.84. The highest BCUT2D eigenvalue weighted by atomic mass is 19.1. The number of rotatable bonds is 3. The van der Waals surface area contributed by atoms with E-state index in [0.29, 0.717) is 26.1 Å². The highest BCUT2D eigenvalue weighted by Crippen LogP contribution is 2.22. The van der Waals surface area contributed by atoms with Gasteiger partial charge in [-0.2, -0.15) is 4.39 Å². The first-order valence-corrected chi connectivity index (χ1v) is 6.18. The van der Waals surface area contributed by atoms with E-state index >= 15 is 0 Å². The number of halogens is 1. The number of hydrogen-bond acceptors (Lipinski definition) is 4. The molecule has 19 heavy (non-hydrogen) atoms. The SMILES string of the molecule is CN(CC1(O)CCOCC1)C(=O)c1cccnc1F. The number of ether oxygens (including phenoxy) is 1. The van der Waals surface area contributed by atoms with Crippen LogP contribution >= 0.6 is 0 Å². The van der Waals surface area contributed by atoms with Crippen LogP contribution in [0.2, 0.25) is 0 Å². The molecule has 1 aromatic heterocycles. The van der Waals surface area contributed by atoms with Gasteiger partial charge in [-0.05, 0) is 12.1 Å². The Balaban J connectivity index is 2.05. The second-order valence-corrected chi connectivity index (χ2v) is 4.84. The molecule has 1 aromatic rings. The average molecular weight is 268 g/mol. The Hall–Kier alpha value is -1.53. The summed E-state index contributed by atoms with van der Waals surface area (Å²) in [5.41, 5.74) is -1.04. The van der Waals surface area contributed by atoms with Gasteiger partial charge in [0.15, 0.2) is 0 Å². The standard InChI is InChI=1S/C13H17FN2O3/c1-16(9-13(18)4-7-19-8-5-13)12(17)10-3-2-6-15-11(10)14/h2-3,6,18H,4-5,7-9H2,1H3. The second kappa shape index (κ2) is 5.63. The Kier molecular flexibility index (Phi) is 4.11. The summed E-state index contributed by atoms with van der Waals surface area (Å²) < 4.78 is 18.6. The third kappa shape index (κ3) is 3.27. The summed E-state index contributed by atoms with van der Waals surface area (Å²) in [5.74, 6) is -1.27. The molecule has 1 aliphatic heterocycles. The van der Waals surface area contributed by atoms with Gasteiger partial charge in [0.1, 0.15) is 0 Å². The summed E-state index contributed by atoms with van der Waals surface area (Å²) >= 11 is 0. The Bertz CT molecular complexity index is 461. The molecule has 1 amide bonds. The number of aliphatic hydroxyl groups is 1. The number of aromatic nitrogens is 1. The highest BCUT2D eigenvalue weighted by molar-refractivity contribution is 5.94. The molecule has 0 bridgehead atoms. The molecule has 0 atom stereocenters. The Morgan fingerprint density at radius 3 is 2.89 bits per heavy atom. The number of amides is 1. The van der Waals surface area contributed by atoms with Gasteiger partial charge in [-0.25, -0.2) is 4.98 Å². The monoisotopic (exact) mass is 268 g/mol. The van der Waals surface area contributed by atoms with Crippen LogP contribution in [0.1, 0.15) is 23.2 Å². The summed E-state index contributed by atoms with van der Waals surface area (Å²) in [6.07, 6.45) is 2.23. The number of likely N-dealkylation sites (N-methyl/N-ethyl adjacent to an activating group) is 1. The van der Waals surface area contributed by atoms with Gasteiger partial charge in [0.05, 0.1) is 11.2 Å². The number of nitrogens with zero attached hydrogens (tertiary/aromatic N) is 2. The zero-order valence-electron chi connectivity index (χ0n) is 10.8. The van der Waals surface area contributed by atoms with Crippen LogP contribution in [-0.2, 0) is 4.74 Å². The first-order valence-electron chi connectivity index (χ1n) is 6.18. The van der Waals surface area contributed by atoms with Gasteiger partial charge in [-0.1, -0.05) is 0 Å². The highest BCUT2D eigenvalue weighted by Gasteiger charge is 2.33. The molecule has 1 aliphatic rings. The molecule has 0 aromatic carbocycles. The predicted molar refractivity (Wildman–Crippen MR) is 66.2 cm³/mol. The quantitative estimate of drug-likeness (QED) is 0.825. The van der Waals surface area contributed by atoms with Gasteiger partial charge in [0.2, 0.25) is 5.95 Å². The van der Waals surface area contributed by atoms with E-state index in [4.69, 9.17) is 4.74 Å². The van der Waals surface area contributed by atoms with E-state index in [-0.39, 0.29) is 12.1 Å². The minimum absolute atomic E-state index is 0.0827. The lowest BCUT2D eigenvalue weighted by atomic mass is 9.94. The Labute approximate surface area is 111 Å². The van der Waals surface area contributed by atoms with Crippen molar-refractivity contribution in [3.63, 3.8) is 0 Å². The first kappa shape index (κ1) is 13.9. The first-order chi connectivity index (χ1) is 9.02. The number of carbonyl (C=O) groups excluding carboxylic acids is 1. The maximum atomic E-state index is 13.4. The van der Waals surface area contributed by atoms with Gasteiger partial charge >= 0.3 is 0 Å². The largest absolute Gasteiger partial charge is 0.388 e. The molecule has 0 saturated carbocycles. The topological polar surface area (TPSA) is 62.7 Å². The summed E-state index contributed by atoms with van der Waals surface area (Å²) in [7, 11) is 1.54. The van der Waals surface area contributed by atoms with Crippen molar-refractivity contribution in [3.8, 4) is 0 Å². The average Bonchev–Trinajstić information content (AvgIpc) is 2.39. The predicted octanol–water partition coefficient (Wildman–Crippen LogP) is 0.834. The molecular formula is C13H17FN2O3. The number of carbonyl (C=O) groups is 1. The summed E-state index contributed by atoms with van der Waals surface area (Å²) in [6.45, 7) is 1.10. The van der Waals surface area contributed by atoms with E-state index in [0.717, 1.165) is 0 Å². The fourth-order valence-corrected chi connectivity index (χ4v) is 2.17. The number of hydrogen-bond donors (Lipinski definition) is 1. The van der Waals surface area contributed by atoms with Gasteiger partial charge in [-0.3, -0.25) is 4.79 Å². The van der Waals surface area contributed by atoms with Crippen LogP contribution in [0.15, 0.2) is 18.3 Å². The molecule has 5 nitrogen and oxygen atoms in total. The van der Waals surface area contributed by atoms with Crippen molar-refractivity contribution >= 4 is 5.91 Å². The minimum Gasteiger partial charge on any atom is -0.388 e. The lowest BCUT2D eigenvalue weighted by Crippen LogP contribution is -2.47. The molecule has 6 heteroatoms. The van der Waals surface area contributed by atoms with Crippen molar-refractivity contribution in [2.45, 2.75) is 18.4 Å². The maximum Gasteiger partial charge on any atom is 0.258 e. The molecular weight excluding hydrogens is 251 g/mol. The molecule has 0 spiro atoms. The van der Waals surface area contributed by atoms with E-state index < -0.39 is 17.5 Å². The van der Waals surface area contributed by atoms with E-state index in [9.17, 15) is 14.3 Å². The molecule has 2 heterocycles. The summed E-state index contributed by atoms with van der Waals surface area (Å²) in [5, 5.41) is 10.3. The fraction of sp³-hybridized carbons (Fsp3) is 0.538. The molecule has 1 saturated heterocycles. The van der Waals surface area contributed by atoms with Gasteiger partial charge in [0.25, 0.3) is 5.91 Å².